The standard InChI is InChI=1S/2Al.3Ba.2H2O.4S/h;;;;;2*1H2;;;;/q;;3*+2;;;;;2*-2. The topological polar surface area (TPSA) is 63.0 Å². The van der Waals surface area contributed by atoms with E-state index in [9.17, 15) is 0 Å². The van der Waals surface area contributed by atoms with Gasteiger partial charge in [-0.3, -0.25) is 0 Å². The molecule has 0 aliphatic rings. The summed E-state index contributed by atoms with van der Waals surface area (Å²) in [5.41, 5.74) is 0. The summed E-state index contributed by atoms with van der Waals surface area (Å²) in [5.74, 6) is 0. The van der Waals surface area contributed by atoms with Crippen LogP contribution in [0.4, 0.5) is 0 Å². The zero-order valence-corrected chi connectivity index (χ0v) is 24.8. The molecule has 0 amide bonds. The molecule has 4 N–H and O–H groups in total. The molecule has 0 bridgehead atoms. The Morgan fingerprint density at radius 1 is 0.545 bits per heavy atom. The molecule has 11 heavy (non-hydrogen) atoms. The minimum Gasteiger partial charge on any atom is -2.00 e. The molecule has 0 aromatic rings. The largest absolute Gasteiger partial charge is 2.00 e. The second-order valence-corrected chi connectivity index (χ2v) is 0. The van der Waals surface area contributed by atoms with Crippen LogP contribution in [0.5, 0.6) is 0 Å². The molecule has 0 aromatic carbocycles. The van der Waals surface area contributed by atoms with Crippen molar-refractivity contribution in [3.8, 4) is 0 Å². The van der Waals surface area contributed by atoms with Crippen LogP contribution in [-0.4, -0.2) is 187 Å². The second kappa shape index (κ2) is 90.3. The van der Waals surface area contributed by atoms with Gasteiger partial charge in [0.05, 0.1) is 0 Å². The average molecular weight is 630 g/mol. The Labute approximate surface area is 227 Å². The minimum absolute atomic E-state index is 0. The van der Waals surface area contributed by atoms with Gasteiger partial charge in [-0.1, -0.05) is 0 Å². The molecule has 0 spiro atoms. The Morgan fingerprint density at radius 3 is 0.545 bits per heavy atom. The van der Waals surface area contributed by atoms with E-state index in [2.05, 4.69) is 21.0 Å². The third-order valence-corrected chi connectivity index (χ3v) is 0. The van der Waals surface area contributed by atoms with E-state index < -0.39 is 0 Å². The molecule has 2 radical (unpaired) electrons. The zero-order chi connectivity index (χ0) is 4.00. The molecular weight excluding hydrogens is 626 g/mol. The first kappa shape index (κ1) is 64.7. The van der Waals surface area contributed by atoms with Crippen molar-refractivity contribution in [3.05, 3.63) is 0 Å². The van der Waals surface area contributed by atoms with Crippen LogP contribution in [0.1, 0.15) is 0 Å². The summed E-state index contributed by atoms with van der Waals surface area (Å²) in [4.78, 5) is 0. The van der Waals surface area contributed by atoms with Crippen molar-refractivity contribution in [1.82, 2.24) is 0 Å². The summed E-state index contributed by atoms with van der Waals surface area (Å²) < 4.78 is 0. The molecule has 0 aliphatic carbocycles. The SMILES string of the molecule is O.O.[Al]=[S].[Al]=[S].[Ba+2].[Ba+2].[Ba+2].[S-2].[S-2]. The molecule has 0 rings (SSSR count). The molecule has 0 saturated heterocycles. The molecule has 0 unspecified atom stereocenters. The maximum Gasteiger partial charge on any atom is 2.00 e. The van der Waals surface area contributed by atoms with Crippen molar-refractivity contribution >= 4 is 224 Å². The van der Waals surface area contributed by atoms with E-state index in [1.54, 1.807) is 0 Å². The Morgan fingerprint density at radius 2 is 0.545 bits per heavy atom. The summed E-state index contributed by atoms with van der Waals surface area (Å²) in [6.45, 7) is 0. The van der Waals surface area contributed by atoms with Crippen LogP contribution >= 0.6 is 21.0 Å². The monoisotopic (exact) mass is 632 g/mol. The van der Waals surface area contributed by atoms with Crippen molar-refractivity contribution in [2.75, 3.05) is 0 Å². The van der Waals surface area contributed by atoms with E-state index in [1.807, 2.05) is 29.3 Å². The van der Waals surface area contributed by atoms with Crippen LogP contribution in [-0.2, 0) is 27.0 Å². The maximum absolute atomic E-state index is 4.00. The Kier molecular flexibility index (Phi) is 532. The van der Waals surface area contributed by atoms with E-state index in [-0.39, 0.29) is 185 Å². The molecule has 2 nitrogen and oxygen atoms in total. The molecule has 11 heteroatoms. The van der Waals surface area contributed by atoms with Crippen LogP contribution in [0.25, 0.3) is 0 Å². The Balaban J connectivity index is -0.000000000635. The predicted molar refractivity (Wildman–Crippen MR) is 65.9 cm³/mol. The summed E-state index contributed by atoms with van der Waals surface area (Å²) in [6, 6.07) is 0. The number of rotatable bonds is 0. The van der Waals surface area contributed by atoms with Gasteiger partial charge in [-0.25, -0.2) is 0 Å². The normalized spacial score (nSPS) is 0.545. The van der Waals surface area contributed by atoms with Gasteiger partial charge >= 0.3 is 197 Å². The Bertz CT molecular complexity index is 23.3. The van der Waals surface area contributed by atoms with Crippen molar-refractivity contribution in [2.45, 2.75) is 0 Å². The van der Waals surface area contributed by atoms with Gasteiger partial charge in [0, 0.05) is 0 Å². The fourth-order valence-corrected chi connectivity index (χ4v) is 0. The zero-order valence-electron chi connectivity index (χ0n) is 5.91. The molecule has 0 saturated carbocycles. The summed E-state index contributed by atoms with van der Waals surface area (Å²) in [5, 5.41) is 0. The molecule has 0 aliphatic heterocycles. The first-order chi connectivity index (χ1) is 2.00. The smallest absolute Gasteiger partial charge is 2.00 e. The van der Waals surface area contributed by atoms with Gasteiger partial charge in [-0.05, 0) is 0 Å². The quantitative estimate of drug-likeness (QED) is 0.284. The van der Waals surface area contributed by atoms with Gasteiger partial charge in [0.25, 0.3) is 0 Å². The van der Waals surface area contributed by atoms with Crippen LogP contribution in [0.3, 0.4) is 0 Å². The van der Waals surface area contributed by atoms with Crippen LogP contribution in [0.15, 0.2) is 0 Å². The van der Waals surface area contributed by atoms with Gasteiger partial charge in [-0.2, -0.15) is 0 Å². The van der Waals surface area contributed by atoms with Crippen molar-refractivity contribution in [1.29, 1.82) is 0 Å². The Hall–Kier alpha value is 6.84. The van der Waals surface area contributed by atoms with Crippen molar-refractivity contribution < 1.29 is 11.0 Å². The maximum atomic E-state index is 4.00. The van der Waals surface area contributed by atoms with Crippen LogP contribution in [0.2, 0.25) is 0 Å². The fourth-order valence-electron chi connectivity index (χ4n) is 0. The summed E-state index contributed by atoms with van der Waals surface area (Å²) in [6.07, 6.45) is 0. The van der Waals surface area contributed by atoms with Gasteiger partial charge in [0.1, 0.15) is 0 Å². The van der Waals surface area contributed by atoms with E-state index in [4.69, 9.17) is 0 Å². The number of hydrogen-bond acceptors (Lipinski definition) is 2. The predicted octanol–water partition coefficient (Wildman–Crippen LogP) is -2.26. The second-order valence-electron chi connectivity index (χ2n) is 0. The molecular formula is H4Al2Ba3O2S4+2. The minimum atomic E-state index is 0. The van der Waals surface area contributed by atoms with E-state index in [1.165, 1.54) is 0 Å². The molecule has 50 valence electrons. The first-order valence-electron chi connectivity index (χ1n) is 0.471. The van der Waals surface area contributed by atoms with Crippen molar-refractivity contribution in [2.24, 2.45) is 0 Å². The van der Waals surface area contributed by atoms with Gasteiger partial charge in [0.2, 0.25) is 0 Å². The van der Waals surface area contributed by atoms with Crippen molar-refractivity contribution in [3.63, 3.8) is 0 Å². The van der Waals surface area contributed by atoms with Gasteiger partial charge < -0.3 is 37.9 Å². The molecule has 0 aromatic heterocycles. The van der Waals surface area contributed by atoms with Crippen LogP contribution in [0, 0.1) is 0 Å². The fraction of sp³-hybridized carbons (Fsp3) is 0. The average Bonchev–Trinajstić information content (AvgIpc) is 1.50. The summed E-state index contributed by atoms with van der Waals surface area (Å²) >= 11 is 4.00. The van der Waals surface area contributed by atoms with Gasteiger partial charge in [0.15, 0.2) is 0 Å². The van der Waals surface area contributed by atoms with E-state index in [0.29, 0.717) is 0 Å². The molecule has 0 atom stereocenters. The van der Waals surface area contributed by atoms with E-state index in [0.717, 1.165) is 0 Å². The van der Waals surface area contributed by atoms with Crippen LogP contribution < -0.4 is 0 Å². The molecule has 0 fully saturated rings. The summed E-state index contributed by atoms with van der Waals surface area (Å²) in [7, 11) is 8.00. The third-order valence-electron chi connectivity index (χ3n) is 0. The first-order valence-corrected chi connectivity index (χ1v) is 4.24. The third kappa shape index (κ3) is 79.3. The van der Waals surface area contributed by atoms with Gasteiger partial charge in [-0.15, -0.1) is 0 Å². The van der Waals surface area contributed by atoms with E-state index >= 15 is 0 Å². The number of hydrogen-bond donors (Lipinski definition) is 0. The molecule has 0 heterocycles.